The molecule has 25 heavy (non-hydrogen) atoms. The summed E-state index contributed by atoms with van der Waals surface area (Å²) in [6.45, 7) is 4.75. The topological polar surface area (TPSA) is 103 Å². The molecular weight excluding hydrogens is 320 g/mol. The van der Waals surface area contributed by atoms with E-state index in [4.69, 9.17) is 0 Å². The zero-order valence-corrected chi connectivity index (χ0v) is 14.1. The SMILES string of the molecule is Cc1ccn(-c2cc(NCCNC(=O)C(C)n3cccn3)ncn2)n1. The van der Waals surface area contributed by atoms with Gasteiger partial charge < -0.3 is 10.6 Å². The Labute approximate surface area is 145 Å². The smallest absolute Gasteiger partial charge is 0.244 e. The fourth-order valence-electron chi connectivity index (χ4n) is 2.27. The van der Waals surface area contributed by atoms with Gasteiger partial charge in [0.15, 0.2) is 5.82 Å². The summed E-state index contributed by atoms with van der Waals surface area (Å²) in [5.74, 6) is 1.27. The monoisotopic (exact) mass is 340 g/mol. The van der Waals surface area contributed by atoms with Crippen molar-refractivity contribution in [1.29, 1.82) is 0 Å². The normalized spacial score (nSPS) is 11.9. The lowest BCUT2D eigenvalue weighted by atomic mass is 10.3. The van der Waals surface area contributed by atoms with E-state index >= 15 is 0 Å². The fourth-order valence-corrected chi connectivity index (χ4v) is 2.27. The van der Waals surface area contributed by atoms with Gasteiger partial charge in [-0.25, -0.2) is 14.6 Å². The summed E-state index contributed by atoms with van der Waals surface area (Å²) < 4.78 is 3.31. The van der Waals surface area contributed by atoms with E-state index in [1.165, 1.54) is 6.33 Å². The summed E-state index contributed by atoms with van der Waals surface area (Å²) in [5.41, 5.74) is 0.919. The number of anilines is 1. The molecule has 0 aliphatic rings. The Morgan fingerprint density at radius 3 is 2.88 bits per heavy atom. The number of aryl methyl sites for hydroxylation is 1. The van der Waals surface area contributed by atoms with Crippen LogP contribution in [0, 0.1) is 6.92 Å². The molecule has 2 N–H and O–H groups in total. The van der Waals surface area contributed by atoms with E-state index in [0.717, 1.165) is 5.69 Å². The van der Waals surface area contributed by atoms with E-state index in [1.54, 1.807) is 40.8 Å². The van der Waals surface area contributed by atoms with Crippen LogP contribution < -0.4 is 10.6 Å². The highest BCUT2D eigenvalue weighted by Crippen LogP contribution is 2.08. The maximum absolute atomic E-state index is 12.1. The van der Waals surface area contributed by atoms with Crippen molar-refractivity contribution in [2.24, 2.45) is 0 Å². The molecule has 3 rings (SSSR count). The molecule has 0 aliphatic heterocycles. The number of nitrogens with zero attached hydrogens (tertiary/aromatic N) is 6. The van der Waals surface area contributed by atoms with Crippen LogP contribution in [0.15, 0.2) is 43.1 Å². The van der Waals surface area contributed by atoms with Gasteiger partial charge in [-0.1, -0.05) is 0 Å². The molecule has 0 bridgehead atoms. The maximum Gasteiger partial charge on any atom is 0.244 e. The molecule has 1 atom stereocenters. The average Bonchev–Trinajstić information content (AvgIpc) is 3.30. The van der Waals surface area contributed by atoms with Crippen molar-refractivity contribution >= 4 is 11.7 Å². The predicted molar refractivity (Wildman–Crippen MR) is 92.3 cm³/mol. The average molecular weight is 340 g/mol. The van der Waals surface area contributed by atoms with E-state index in [2.05, 4.69) is 30.8 Å². The molecule has 0 aliphatic carbocycles. The van der Waals surface area contributed by atoms with E-state index in [0.29, 0.717) is 24.7 Å². The first-order chi connectivity index (χ1) is 12.1. The van der Waals surface area contributed by atoms with Crippen molar-refractivity contribution in [3.63, 3.8) is 0 Å². The van der Waals surface area contributed by atoms with E-state index < -0.39 is 0 Å². The number of nitrogens with one attached hydrogen (secondary N) is 2. The van der Waals surface area contributed by atoms with E-state index in [-0.39, 0.29) is 11.9 Å². The second-order valence-electron chi connectivity index (χ2n) is 5.54. The number of amides is 1. The summed E-state index contributed by atoms with van der Waals surface area (Å²) in [6, 6.07) is 5.16. The Bertz CT molecular complexity index is 826. The quantitative estimate of drug-likeness (QED) is 0.621. The molecular formula is C16H20N8O. The molecule has 0 saturated carbocycles. The van der Waals surface area contributed by atoms with Crippen molar-refractivity contribution < 1.29 is 4.79 Å². The van der Waals surface area contributed by atoms with Crippen LogP contribution in [-0.4, -0.2) is 48.5 Å². The second-order valence-corrected chi connectivity index (χ2v) is 5.54. The Kier molecular flexibility index (Phi) is 5.03. The Hall–Kier alpha value is -3.23. The van der Waals surface area contributed by atoms with Crippen molar-refractivity contribution in [2.75, 3.05) is 18.4 Å². The molecule has 9 heteroatoms. The highest BCUT2D eigenvalue weighted by molar-refractivity contribution is 5.79. The zero-order valence-electron chi connectivity index (χ0n) is 14.1. The molecule has 0 spiro atoms. The van der Waals surface area contributed by atoms with Crippen molar-refractivity contribution in [2.45, 2.75) is 19.9 Å². The third kappa shape index (κ3) is 4.19. The predicted octanol–water partition coefficient (Wildman–Crippen LogP) is 0.957. The molecule has 3 aromatic rings. The van der Waals surface area contributed by atoms with Crippen LogP contribution in [0.4, 0.5) is 5.82 Å². The molecule has 9 nitrogen and oxygen atoms in total. The number of hydrogen-bond acceptors (Lipinski definition) is 6. The standard InChI is InChI=1S/C16H20N8O/c1-12-4-9-24(22-12)15-10-14(19-11-20-15)17-6-7-18-16(25)13(2)23-8-3-5-21-23/h3-5,8-11,13H,6-7H2,1-2H3,(H,18,25)(H,17,19,20). The van der Waals surface area contributed by atoms with Crippen LogP contribution in [0.2, 0.25) is 0 Å². The number of hydrogen-bond donors (Lipinski definition) is 2. The lowest BCUT2D eigenvalue weighted by Crippen LogP contribution is -2.34. The van der Waals surface area contributed by atoms with Gasteiger partial charge in [-0.2, -0.15) is 10.2 Å². The first kappa shape index (κ1) is 16.6. The fraction of sp³-hybridized carbons (Fsp3) is 0.312. The molecule has 0 fully saturated rings. The minimum Gasteiger partial charge on any atom is -0.368 e. The molecule has 0 radical (unpaired) electrons. The number of carbonyl (C=O) groups is 1. The lowest BCUT2D eigenvalue weighted by Gasteiger charge is -2.13. The van der Waals surface area contributed by atoms with Crippen LogP contribution >= 0.6 is 0 Å². The van der Waals surface area contributed by atoms with Crippen molar-refractivity contribution in [1.82, 2.24) is 34.8 Å². The Morgan fingerprint density at radius 1 is 1.28 bits per heavy atom. The summed E-state index contributed by atoms with van der Waals surface area (Å²) in [7, 11) is 0. The van der Waals surface area contributed by atoms with Gasteiger partial charge in [0, 0.05) is 37.7 Å². The third-order valence-electron chi connectivity index (χ3n) is 3.64. The molecule has 3 aromatic heterocycles. The molecule has 1 unspecified atom stereocenters. The largest absolute Gasteiger partial charge is 0.368 e. The summed E-state index contributed by atoms with van der Waals surface area (Å²) >= 11 is 0. The van der Waals surface area contributed by atoms with Crippen LogP contribution in [0.5, 0.6) is 0 Å². The van der Waals surface area contributed by atoms with Crippen LogP contribution in [0.25, 0.3) is 5.82 Å². The Balaban J connectivity index is 1.48. The highest BCUT2D eigenvalue weighted by atomic mass is 16.2. The van der Waals surface area contributed by atoms with Gasteiger partial charge in [0.05, 0.1) is 5.69 Å². The number of carbonyl (C=O) groups excluding carboxylic acids is 1. The first-order valence-corrected chi connectivity index (χ1v) is 7.99. The maximum atomic E-state index is 12.1. The second kappa shape index (κ2) is 7.56. The van der Waals surface area contributed by atoms with Gasteiger partial charge in [0.1, 0.15) is 18.2 Å². The highest BCUT2D eigenvalue weighted by Gasteiger charge is 2.13. The van der Waals surface area contributed by atoms with Gasteiger partial charge in [-0.05, 0) is 26.0 Å². The molecule has 3 heterocycles. The van der Waals surface area contributed by atoms with Gasteiger partial charge in [-0.15, -0.1) is 0 Å². The van der Waals surface area contributed by atoms with Crippen LogP contribution in [0.3, 0.4) is 0 Å². The summed E-state index contributed by atoms with van der Waals surface area (Å²) in [6.07, 6.45) is 6.74. The van der Waals surface area contributed by atoms with E-state index in [1.807, 2.05) is 19.2 Å². The van der Waals surface area contributed by atoms with Gasteiger partial charge in [-0.3, -0.25) is 9.48 Å². The number of rotatable bonds is 7. The number of aromatic nitrogens is 6. The lowest BCUT2D eigenvalue weighted by molar-refractivity contribution is -0.124. The third-order valence-corrected chi connectivity index (χ3v) is 3.64. The summed E-state index contributed by atoms with van der Waals surface area (Å²) in [5, 5.41) is 14.4. The van der Waals surface area contributed by atoms with Gasteiger partial charge in [0.25, 0.3) is 0 Å². The zero-order chi connectivity index (χ0) is 17.6. The van der Waals surface area contributed by atoms with Gasteiger partial charge >= 0.3 is 0 Å². The van der Waals surface area contributed by atoms with E-state index in [9.17, 15) is 4.79 Å². The van der Waals surface area contributed by atoms with Crippen LogP contribution in [0.1, 0.15) is 18.7 Å². The van der Waals surface area contributed by atoms with Crippen LogP contribution in [-0.2, 0) is 4.79 Å². The van der Waals surface area contributed by atoms with Crippen molar-refractivity contribution in [3.05, 3.63) is 48.8 Å². The molecule has 0 saturated heterocycles. The van der Waals surface area contributed by atoms with Crippen molar-refractivity contribution in [3.8, 4) is 5.82 Å². The van der Waals surface area contributed by atoms with Gasteiger partial charge in [0.2, 0.25) is 5.91 Å². The summed E-state index contributed by atoms with van der Waals surface area (Å²) in [4.78, 5) is 20.4. The molecule has 0 aromatic carbocycles. The minimum atomic E-state index is -0.344. The minimum absolute atomic E-state index is 0.0825. The Morgan fingerprint density at radius 2 is 2.16 bits per heavy atom. The molecule has 130 valence electrons. The first-order valence-electron chi connectivity index (χ1n) is 7.99. The molecule has 1 amide bonds.